The Kier molecular flexibility index (Phi) is 5.33. The summed E-state index contributed by atoms with van der Waals surface area (Å²) in [6.07, 6.45) is 5.16. The summed E-state index contributed by atoms with van der Waals surface area (Å²) in [7, 11) is 3.55. The van der Waals surface area contributed by atoms with Crippen molar-refractivity contribution in [1.82, 2.24) is 5.32 Å². The molecule has 10 heavy (non-hydrogen) atoms. The van der Waals surface area contributed by atoms with Gasteiger partial charge >= 0.3 is 0 Å². The molecule has 0 radical (unpaired) electrons. The van der Waals surface area contributed by atoms with E-state index in [9.17, 15) is 0 Å². The van der Waals surface area contributed by atoms with Crippen LogP contribution < -0.4 is 5.32 Å². The van der Waals surface area contributed by atoms with Gasteiger partial charge in [-0.1, -0.05) is 0 Å². The fourth-order valence-corrected chi connectivity index (χ4v) is 0.450. The summed E-state index contributed by atoms with van der Waals surface area (Å²) in [6.45, 7) is 1.90. The molecule has 0 spiro atoms. The molecular weight excluding hydrogens is 126 g/mol. The van der Waals surface area contributed by atoms with Crippen molar-refractivity contribution < 1.29 is 0 Å². The average Bonchev–Trinajstić information content (AvgIpc) is 1.89. The quantitative estimate of drug-likeness (QED) is 0.578. The lowest BCUT2D eigenvalue weighted by molar-refractivity contribution is 1.09. The molecule has 0 atom stereocenters. The molecule has 0 aliphatic heterocycles. The van der Waals surface area contributed by atoms with Gasteiger partial charge < -0.3 is 5.32 Å². The van der Waals surface area contributed by atoms with Gasteiger partial charge in [0, 0.05) is 32.7 Å². The smallest absolute Gasteiger partial charge is 0.0551 e. The average molecular weight is 139 g/mol. The number of hydrogen-bond acceptors (Lipinski definition) is 3. The minimum absolute atomic E-state index is 0.897. The van der Waals surface area contributed by atoms with Crippen molar-refractivity contribution in [1.29, 1.82) is 0 Å². The van der Waals surface area contributed by atoms with Crippen molar-refractivity contribution in [3.8, 4) is 0 Å². The third kappa shape index (κ3) is 5.03. The fourth-order valence-electron chi connectivity index (χ4n) is 0.450. The zero-order valence-electron chi connectivity index (χ0n) is 6.63. The van der Waals surface area contributed by atoms with Crippen molar-refractivity contribution in [2.24, 2.45) is 9.98 Å². The Bertz CT molecular complexity index is 156. The van der Waals surface area contributed by atoms with Crippen molar-refractivity contribution in [3.63, 3.8) is 0 Å². The van der Waals surface area contributed by atoms with Gasteiger partial charge in [-0.15, -0.1) is 0 Å². The largest absolute Gasteiger partial charge is 0.393 e. The van der Waals surface area contributed by atoms with E-state index in [1.807, 2.05) is 14.0 Å². The predicted molar refractivity (Wildman–Crippen MR) is 45.7 cm³/mol. The van der Waals surface area contributed by atoms with Crippen molar-refractivity contribution in [2.75, 3.05) is 14.1 Å². The standard InChI is InChI=1S/C7H13N3/c1-7(6-9-3)10-5-4-8-2/h4-6,8H,1-3H3/b5-4+,9-6-,10-7-. The first-order chi connectivity index (χ1) is 4.81. The van der Waals surface area contributed by atoms with E-state index in [1.54, 1.807) is 25.7 Å². The van der Waals surface area contributed by atoms with Crippen LogP contribution in [0.4, 0.5) is 0 Å². The van der Waals surface area contributed by atoms with Crippen LogP contribution >= 0.6 is 0 Å². The summed E-state index contributed by atoms with van der Waals surface area (Å²) in [4.78, 5) is 7.83. The molecule has 3 nitrogen and oxygen atoms in total. The molecule has 0 fully saturated rings. The molecule has 56 valence electrons. The Morgan fingerprint density at radius 2 is 2.20 bits per heavy atom. The number of aliphatic imine (C=N–C) groups is 2. The third-order valence-corrected chi connectivity index (χ3v) is 0.835. The second-order valence-corrected chi connectivity index (χ2v) is 1.76. The van der Waals surface area contributed by atoms with E-state index in [-0.39, 0.29) is 0 Å². The normalized spacial score (nSPS) is 13.3. The molecule has 0 aromatic heterocycles. The van der Waals surface area contributed by atoms with Gasteiger partial charge in [0.25, 0.3) is 0 Å². The van der Waals surface area contributed by atoms with E-state index in [1.165, 1.54) is 0 Å². The molecule has 0 aliphatic rings. The molecule has 0 aromatic rings. The minimum atomic E-state index is 0.897. The first kappa shape index (κ1) is 8.88. The van der Waals surface area contributed by atoms with E-state index in [0.29, 0.717) is 0 Å². The fraction of sp³-hybridized carbons (Fsp3) is 0.429. The van der Waals surface area contributed by atoms with Crippen molar-refractivity contribution in [2.45, 2.75) is 6.92 Å². The maximum absolute atomic E-state index is 4.03. The summed E-state index contributed by atoms with van der Waals surface area (Å²) < 4.78 is 0. The first-order valence-corrected chi connectivity index (χ1v) is 3.10. The predicted octanol–water partition coefficient (Wildman–Crippen LogP) is 0.839. The summed E-state index contributed by atoms with van der Waals surface area (Å²) in [6, 6.07) is 0. The molecule has 0 bridgehead atoms. The van der Waals surface area contributed by atoms with Crippen LogP contribution in [0, 0.1) is 0 Å². The highest BCUT2D eigenvalue weighted by molar-refractivity contribution is 6.29. The Balaban J connectivity index is 3.79. The Morgan fingerprint density at radius 3 is 2.70 bits per heavy atom. The third-order valence-electron chi connectivity index (χ3n) is 0.835. The maximum atomic E-state index is 4.03. The second-order valence-electron chi connectivity index (χ2n) is 1.76. The molecule has 0 saturated heterocycles. The molecule has 0 rings (SSSR count). The summed E-state index contributed by atoms with van der Waals surface area (Å²) >= 11 is 0. The van der Waals surface area contributed by atoms with E-state index in [0.717, 1.165) is 5.71 Å². The van der Waals surface area contributed by atoms with Gasteiger partial charge in [0.15, 0.2) is 0 Å². The van der Waals surface area contributed by atoms with E-state index < -0.39 is 0 Å². The van der Waals surface area contributed by atoms with Crippen LogP contribution in [0.25, 0.3) is 0 Å². The first-order valence-electron chi connectivity index (χ1n) is 3.10. The Morgan fingerprint density at radius 1 is 1.50 bits per heavy atom. The van der Waals surface area contributed by atoms with Crippen LogP contribution in [-0.2, 0) is 0 Å². The van der Waals surface area contributed by atoms with Gasteiger partial charge in [0.1, 0.15) is 0 Å². The molecule has 0 amide bonds. The molecule has 0 saturated carbocycles. The molecule has 3 heteroatoms. The molecule has 1 N–H and O–H groups in total. The molecule has 0 unspecified atom stereocenters. The van der Waals surface area contributed by atoms with Crippen LogP contribution in [-0.4, -0.2) is 26.0 Å². The number of hydrogen-bond donors (Lipinski definition) is 1. The van der Waals surface area contributed by atoms with E-state index >= 15 is 0 Å². The summed E-state index contributed by atoms with van der Waals surface area (Å²) in [5.41, 5.74) is 0.897. The molecular formula is C7H13N3. The monoisotopic (exact) mass is 139 g/mol. The molecule has 0 aromatic carbocycles. The van der Waals surface area contributed by atoms with Gasteiger partial charge in [0.05, 0.1) is 5.71 Å². The zero-order chi connectivity index (χ0) is 7.82. The highest BCUT2D eigenvalue weighted by Gasteiger charge is 1.76. The van der Waals surface area contributed by atoms with E-state index in [4.69, 9.17) is 0 Å². The molecule has 0 aliphatic carbocycles. The van der Waals surface area contributed by atoms with Gasteiger partial charge in [-0.2, -0.15) is 0 Å². The number of nitrogens with zero attached hydrogens (tertiary/aromatic N) is 2. The van der Waals surface area contributed by atoms with Crippen LogP contribution in [0.2, 0.25) is 0 Å². The summed E-state index contributed by atoms with van der Waals surface area (Å²) in [5.74, 6) is 0. The second kappa shape index (κ2) is 6.01. The minimum Gasteiger partial charge on any atom is -0.393 e. The zero-order valence-corrected chi connectivity index (χ0v) is 6.63. The molecule has 0 heterocycles. The highest BCUT2D eigenvalue weighted by Crippen LogP contribution is 1.75. The number of rotatable bonds is 3. The van der Waals surface area contributed by atoms with Gasteiger partial charge in [-0.25, -0.2) is 0 Å². The van der Waals surface area contributed by atoms with Crippen molar-refractivity contribution >= 4 is 11.9 Å². The van der Waals surface area contributed by atoms with Crippen LogP contribution in [0.1, 0.15) is 6.92 Å². The van der Waals surface area contributed by atoms with E-state index in [2.05, 4.69) is 15.3 Å². The Labute approximate surface area is 61.6 Å². The van der Waals surface area contributed by atoms with Gasteiger partial charge in [-0.3, -0.25) is 9.98 Å². The number of nitrogens with one attached hydrogen (secondary N) is 1. The lowest BCUT2D eigenvalue weighted by atomic mass is 10.5. The lowest BCUT2D eigenvalue weighted by Gasteiger charge is -1.85. The van der Waals surface area contributed by atoms with Crippen molar-refractivity contribution in [3.05, 3.63) is 12.4 Å². The maximum Gasteiger partial charge on any atom is 0.0551 e. The highest BCUT2D eigenvalue weighted by atomic mass is 14.8. The van der Waals surface area contributed by atoms with Crippen LogP contribution in [0.15, 0.2) is 22.4 Å². The SMILES string of the molecule is C\N=C/C(C)=N\C=C\NC. The lowest BCUT2D eigenvalue weighted by Crippen LogP contribution is -1.93. The topological polar surface area (TPSA) is 36.8 Å². The van der Waals surface area contributed by atoms with Gasteiger partial charge in [0.2, 0.25) is 0 Å². The Hall–Kier alpha value is -1.12. The van der Waals surface area contributed by atoms with Gasteiger partial charge in [-0.05, 0) is 6.92 Å². The van der Waals surface area contributed by atoms with Crippen LogP contribution in [0.5, 0.6) is 0 Å². The van der Waals surface area contributed by atoms with Crippen LogP contribution in [0.3, 0.4) is 0 Å². The summed E-state index contributed by atoms with van der Waals surface area (Å²) in [5, 5.41) is 2.83.